The summed E-state index contributed by atoms with van der Waals surface area (Å²) in [5.74, 6) is 0.994. The lowest BCUT2D eigenvalue weighted by atomic mass is 10.0. The van der Waals surface area contributed by atoms with Gasteiger partial charge in [0.1, 0.15) is 11.5 Å². The Kier molecular flexibility index (Phi) is 6.64. The van der Waals surface area contributed by atoms with Crippen LogP contribution in [0.3, 0.4) is 0 Å². The second kappa shape index (κ2) is 10.2. The van der Waals surface area contributed by atoms with Crippen LogP contribution in [-0.4, -0.2) is 59.2 Å². The number of hydrogen-bond acceptors (Lipinski definition) is 6. The summed E-state index contributed by atoms with van der Waals surface area (Å²) in [5, 5.41) is 9.80. The van der Waals surface area contributed by atoms with E-state index in [4.69, 9.17) is 4.74 Å². The summed E-state index contributed by atoms with van der Waals surface area (Å²) in [7, 11) is 1.66. The number of aryl methyl sites for hydroxylation is 1. The van der Waals surface area contributed by atoms with Crippen molar-refractivity contribution >= 4 is 11.6 Å². The third-order valence-corrected chi connectivity index (χ3v) is 6.67. The molecule has 1 fully saturated rings. The van der Waals surface area contributed by atoms with E-state index in [0.29, 0.717) is 35.6 Å². The third-order valence-electron chi connectivity index (χ3n) is 6.67. The minimum Gasteiger partial charge on any atom is -0.508 e. The molecule has 0 aliphatic carbocycles. The molecule has 0 bridgehead atoms. The molecule has 0 atom stereocenters. The number of nitrogens with zero attached hydrogens (tertiary/aromatic N) is 3. The van der Waals surface area contributed by atoms with Gasteiger partial charge in [-0.2, -0.15) is 4.98 Å². The highest BCUT2D eigenvalue weighted by Crippen LogP contribution is 2.27. The Hall–Kier alpha value is -4.59. The number of benzene rings is 3. The van der Waals surface area contributed by atoms with E-state index in [-0.39, 0.29) is 11.7 Å². The quantitative estimate of drug-likeness (QED) is 0.432. The van der Waals surface area contributed by atoms with Gasteiger partial charge < -0.3 is 24.6 Å². The maximum Gasteiger partial charge on any atom is 0.345 e. The molecule has 188 valence electrons. The van der Waals surface area contributed by atoms with Crippen molar-refractivity contribution in [3.8, 4) is 34.0 Å². The molecular weight excluding hydrogens is 468 g/mol. The van der Waals surface area contributed by atoms with Crippen molar-refractivity contribution < 1.29 is 14.6 Å². The van der Waals surface area contributed by atoms with Crippen molar-refractivity contribution in [1.82, 2.24) is 14.9 Å². The van der Waals surface area contributed by atoms with E-state index in [1.54, 1.807) is 50.4 Å². The Bertz CT molecular complexity index is 1490. The molecule has 5 rings (SSSR count). The van der Waals surface area contributed by atoms with Crippen LogP contribution in [0, 0.1) is 6.92 Å². The minimum atomic E-state index is -0.465. The van der Waals surface area contributed by atoms with Crippen LogP contribution in [0.5, 0.6) is 11.5 Å². The van der Waals surface area contributed by atoms with Gasteiger partial charge in [-0.25, -0.2) is 4.79 Å². The first-order chi connectivity index (χ1) is 17.9. The minimum absolute atomic E-state index is 0.0136. The van der Waals surface area contributed by atoms with Crippen LogP contribution in [0.15, 0.2) is 77.6 Å². The Morgan fingerprint density at radius 3 is 2.38 bits per heavy atom. The number of phenolic OH excluding ortho intramolecular Hbond substituents is 1. The first-order valence-electron chi connectivity index (χ1n) is 12.1. The highest BCUT2D eigenvalue weighted by Gasteiger charge is 2.22. The number of aromatic hydroxyl groups is 1. The van der Waals surface area contributed by atoms with E-state index >= 15 is 0 Å². The monoisotopic (exact) mass is 496 g/mol. The van der Waals surface area contributed by atoms with Crippen LogP contribution in [0.4, 0.5) is 5.69 Å². The van der Waals surface area contributed by atoms with Gasteiger partial charge in [-0.05, 0) is 66.6 Å². The van der Waals surface area contributed by atoms with Crippen LogP contribution in [0.1, 0.15) is 15.9 Å². The van der Waals surface area contributed by atoms with E-state index in [9.17, 15) is 14.7 Å². The van der Waals surface area contributed by atoms with Gasteiger partial charge in [0.05, 0.1) is 18.5 Å². The number of hydrogen-bond donors (Lipinski definition) is 2. The van der Waals surface area contributed by atoms with Gasteiger partial charge in [0.25, 0.3) is 5.91 Å². The zero-order valence-electron chi connectivity index (χ0n) is 20.8. The highest BCUT2D eigenvalue weighted by molar-refractivity contribution is 5.95. The zero-order chi connectivity index (χ0) is 25.9. The fourth-order valence-electron chi connectivity index (χ4n) is 4.53. The van der Waals surface area contributed by atoms with Gasteiger partial charge in [-0.3, -0.25) is 4.79 Å². The van der Waals surface area contributed by atoms with Gasteiger partial charge in [0, 0.05) is 49.1 Å². The number of methoxy groups -OCH3 is 1. The molecule has 0 unspecified atom stereocenters. The maximum atomic E-state index is 13.1. The van der Waals surface area contributed by atoms with E-state index < -0.39 is 5.69 Å². The lowest BCUT2D eigenvalue weighted by Gasteiger charge is -2.36. The van der Waals surface area contributed by atoms with Gasteiger partial charge in [0.2, 0.25) is 0 Å². The summed E-state index contributed by atoms with van der Waals surface area (Å²) in [5.41, 5.74) is 4.55. The maximum absolute atomic E-state index is 13.1. The van der Waals surface area contributed by atoms with Gasteiger partial charge in [-0.15, -0.1) is 0 Å². The summed E-state index contributed by atoms with van der Waals surface area (Å²) in [6.45, 7) is 4.54. The molecule has 1 aliphatic rings. The molecule has 0 saturated carbocycles. The van der Waals surface area contributed by atoms with Crippen molar-refractivity contribution in [2.75, 3.05) is 38.2 Å². The Morgan fingerprint density at radius 2 is 1.68 bits per heavy atom. The fraction of sp³-hybridized carbons (Fsp3) is 0.207. The van der Waals surface area contributed by atoms with Crippen molar-refractivity contribution in [3.63, 3.8) is 0 Å². The van der Waals surface area contributed by atoms with Crippen molar-refractivity contribution in [2.45, 2.75) is 6.92 Å². The normalized spacial score (nSPS) is 13.5. The van der Waals surface area contributed by atoms with Crippen LogP contribution >= 0.6 is 0 Å². The lowest BCUT2D eigenvalue weighted by Crippen LogP contribution is -2.48. The molecule has 2 N–H and O–H groups in total. The fourth-order valence-corrected chi connectivity index (χ4v) is 4.53. The number of anilines is 1. The number of carbonyl (C=O) groups is 1. The number of H-pyrrole nitrogens is 1. The standard InChI is InChI=1S/C29H28N4O4/c1-19-16-22(10-11-27(19)34)26-18-25(30-29(36)31-26)20-6-8-21(9-7-20)28(35)33-14-12-32(13-15-33)23-4-3-5-24(17-23)37-2/h3-11,16-18,34H,12-15H2,1-2H3,(H,30,31,36). The van der Waals surface area contributed by atoms with Crippen LogP contribution in [0.2, 0.25) is 0 Å². The number of piperazine rings is 1. The number of carbonyl (C=O) groups excluding carboxylic acids is 1. The summed E-state index contributed by atoms with van der Waals surface area (Å²) >= 11 is 0. The number of aromatic amines is 1. The van der Waals surface area contributed by atoms with Gasteiger partial charge >= 0.3 is 5.69 Å². The zero-order valence-corrected chi connectivity index (χ0v) is 20.8. The van der Waals surface area contributed by atoms with Crippen LogP contribution in [-0.2, 0) is 0 Å². The van der Waals surface area contributed by atoms with Crippen molar-refractivity contribution in [3.05, 3.63) is 94.4 Å². The molecule has 1 aliphatic heterocycles. The number of rotatable bonds is 5. The van der Waals surface area contributed by atoms with Crippen LogP contribution in [0.25, 0.3) is 22.5 Å². The molecular formula is C29H28N4O4. The number of amides is 1. The smallest absolute Gasteiger partial charge is 0.345 e. The molecule has 0 radical (unpaired) electrons. The number of phenols is 1. The van der Waals surface area contributed by atoms with Crippen LogP contribution < -0.4 is 15.3 Å². The molecule has 1 aromatic heterocycles. The first-order valence-corrected chi connectivity index (χ1v) is 12.1. The molecule has 4 aromatic rings. The Balaban J connectivity index is 1.29. The summed E-state index contributed by atoms with van der Waals surface area (Å²) in [6.07, 6.45) is 0. The Labute approximate surface area is 214 Å². The molecule has 0 spiro atoms. The Morgan fingerprint density at radius 1 is 0.946 bits per heavy atom. The molecule has 2 heterocycles. The highest BCUT2D eigenvalue weighted by atomic mass is 16.5. The van der Waals surface area contributed by atoms with E-state index in [2.05, 4.69) is 20.9 Å². The van der Waals surface area contributed by atoms with Crippen molar-refractivity contribution in [1.29, 1.82) is 0 Å². The topological polar surface area (TPSA) is 98.8 Å². The molecule has 8 nitrogen and oxygen atoms in total. The number of ether oxygens (including phenoxy) is 1. The number of aromatic nitrogens is 2. The molecule has 1 amide bonds. The lowest BCUT2D eigenvalue weighted by molar-refractivity contribution is 0.0747. The van der Waals surface area contributed by atoms with Gasteiger partial charge in [0.15, 0.2) is 0 Å². The summed E-state index contributed by atoms with van der Waals surface area (Å²) in [4.78, 5) is 36.4. The summed E-state index contributed by atoms with van der Waals surface area (Å²) in [6, 6.07) is 22.1. The SMILES string of the molecule is COc1cccc(N2CCN(C(=O)c3ccc(-c4cc(-c5ccc(O)c(C)c5)nc(=O)[nH]4)cc3)CC2)c1. The molecule has 37 heavy (non-hydrogen) atoms. The van der Waals surface area contributed by atoms with Gasteiger partial charge in [-0.1, -0.05) is 18.2 Å². The summed E-state index contributed by atoms with van der Waals surface area (Å²) < 4.78 is 5.33. The predicted octanol–water partition coefficient (Wildman–Crippen LogP) is 4.09. The van der Waals surface area contributed by atoms with E-state index in [1.807, 2.05) is 35.2 Å². The van der Waals surface area contributed by atoms with Crippen molar-refractivity contribution in [2.24, 2.45) is 0 Å². The predicted molar refractivity (Wildman–Crippen MR) is 143 cm³/mol. The number of nitrogens with one attached hydrogen (secondary N) is 1. The largest absolute Gasteiger partial charge is 0.508 e. The average molecular weight is 497 g/mol. The van der Waals surface area contributed by atoms with E-state index in [0.717, 1.165) is 35.7 Å². The third kappa shape index (κ3) is 5.18. The second-order valence-electron chi connectivity index (χ2n) is 9.04. The molecule has 3 aromatic carbocycles. The molecule has 1 saturated heterocycles. The second-order valence-corrected chi connectivity index (χ2v) is 9.04. The first kappa shape index (κ1) is 24.1. The average Bonchev–Trinajstić information content (AvgIpc) is 2.94. The molecule has 8 heteroatoms. The van der Waals surface area contributed by atoms with E-state index in [1.165, 1.54) is 0 Å².